The summed E-state index contributed by atoms with van der Waals surface area (Å²) in [6.45, 7) is 0.468. The molecule has 1 aromatic heterocycles. The number of carbonyl (C=O) groups is 3. The van der Waals surface area contributed by atoms with E-state index in [4.69, 9.17) is 4.74 Å². The van der Waals surface area contributed by atoms with Gasteiger partial charge in [-0.3, -0.25) is 19.8 Å². The van der Waals surface area contributed by atoms with Crippen molar-refractivity contribution in [2.45, 2.75) is 6.42 Å². The molecule has 0 atom stereocenters. The summed E-state index contributed by atoms with van der Waals surface area (Å²) in [6.07, 6.45) is 0.577. The van der Waals surface area contributed by atoms with Crippen LogP contribution in [0.15, 0.2) is 42.5 Å². The van der Waals surface area contributed by atoms with Crippen molar-refractivity contribution in [3.63, 3.8) is 0 Å². The average Bonchev–Trinajstić information content (AvgIpc) is 3.32. The number of fused-ring (bicyclic) bond motifs is 1. The van der Waals surface area contributed by atoms with Gasteiger partial charge in [-0.15, -0.1) is 0 Å². The summed E-state index contributed by atoms with van der Waals surface area (Å²) in [5, 5.41) is 2.23. The average molecular weight is 407 g/mol. The fourth-order valence-corrected chi connectivity index (χ4v) is 3.32. The molecule has 9 nitrogen and oxygen atoms in total. The van der Waals surface area contributed by atoms with Crippen LogP contribution in [0.5, 0.6) is 5.75 Å². The van der Waals surface area contributed by atoms with Crippen LogP contribution >= 0.6 is 0 Å². The number of nitrogens with one attached hydrogen (secondary N) is 2. The molecule has 30 heavy (non-hydrogen) atoms. The number of nitrogens with zero attached hydrogens (tertiary/aromatic N) is 3. The van der Waals surface area contributed by atoms with E-state index < -0.39 is 6.03 Å². The minimum Gasteiger partial charge on any atom is -0.497 e. The zero-order valence-electron chi connectivity index (χ0n) is 16.6. The highest BCUT2D eigenvalue weighted by molar-refractivity contribution is 6.12. The van der Waals surface area contributed by atoms with Gasteiger partial charge in [0.05, 0.1) is 18.1 Å². The quantitative estimate of drug-likeness (QED) is 0.607. The van der Waals surface area contributed by atoms with Crippen molar-refractivity contribution in [1.29, 1.82) is 0 Å². The second-order valence-electron chi connectivity index (χ2n) is 7.03. The third kappa shape index (κ3) is 3.82. The Morgan fingerprint density at radius 1 is 1.20 bits per heavy atom. The SMILES string of the molecule is COc1ccc2nc(CCN(C)C(=O)c3ccc(N4CC(=O)NC4=O)cc3)[nH]c2c1. The van der Waals surface area contributed by atoms with E-state index in [-0.39, 0.29) is 18.4 Å². The molecule has 0 spiro atoms. The van der Waals surface area contributed by atoms with E-state index in [2.05, 4.69) is 15.3 Å². The standard InChI is InChI=1S/C21H21N5O4/c1-25(10-9-18-22-16-8-7-15(30-2)11-17(16)23-18)20(28)13-3-5-14(6-4-13)26-12-19(27)24-21(26)29/h3-8,11H,9-10,12H2,1-2H3,(H,22,23)(H,24,27,29). The van der Waals surface area contributed by atoms with Crippen LogP contribution in [0.25, 0.3) is 11.0 Å². The van der Waals surface area contributed by atoms with Crippen LogP contribution in [0, 0.1) is 0 Å². The lowest BCUT2D eigenvalue weighted by molar-refractivity contribution is -0.117. The van der Waals surface area contributed by atoms with Gasteiger partial charge in [0.15, 0.2) is 0 Å². The van der Waals surface area contributed by atoms with Gasteiger partial charge >= 0.3 is 6.03 Å². The van der Waals surface area contributed by atoms with Crippen LogP contribution in [0.1, 0.15) is 16.2 Å². The summed E-state index contributed by atoms with van der Waals surface area (Å²) in [6, 6.07) is 11.8. The van der Waals surface area contributed by atoms with E-state index in [0.29, 0.717) is 24.2 Å². The highest BCUT2D eigenvalue weighted by Gasteiger charge is 2.28. The molecule has 1 aliphatic heterocycles. The predicted octanol–water partition coefficient (Wildman–Crippen LogP) is 1.94. The lowest BCUT2D eigenvalue weighted by Crippen LogP contribution is -2.29. The molecule has 9 heteroatoms. The minimum absolute atomic E-state index is 0.0184. The Bertz CT molecular complexity index is 1120. The Kier molecular flexibility index (Phi) is 5.09. The molecule has 0 bridgehead atoms. The molecule has 0 aliphatic carbocycles. The summed E-state index contributed by atoms with van der Waals surface area (Å²) in [5.74, 6) is 1.06. The Balaban J connectivity index is 1.39. The van der Waals surface area contributed by atoms with Crippen LogP contribution in [-0.4, -0.2) is 60.0 Å². The molecular weight excluding hydrogens is 386 g/mol. The molecule has 1 fully saturated rings. The molecule has 0 radical (unpaired) electrons. The first-order valence-corrected chi connectivity index (χ1v) is 9.44. The monoisotopic (exact) mass is 407 g/mol. The zero-order chi connectivity index (χ0) is 21.3. The number of aromatic amines is 1. The normalized spacial score (nSPS) is 13.6. The molecule has 0 unspecified atom stereocenters. The maximum Gasteiger partial charge on any atom is 0.329 e. The van der Waals surface area contributed by atoms with Crippen molar-refractivity contribution in [2.24, 2.45) is 0 Å². The molecule has 154 valence electrons. The summed E-state index contributed by atoms with van der Waals surface area (Å²) in [4.78, 5) is 46.5. The number of hydrogen-bond acceptors (Lipinski definition) is 5. The Morgan fingerprint density at radius 3 is 2.63 bits per heavy atom. The molecule has 2 N–H and O–H groups in total. The number of likely N-dealkylation sites (N-methyl/N-ethyl adjacent to an activating group) is 1. The number of methoxy groups -OCH3 is 1. The van der Waals surface area contributed by atoms with Gasteiger partial charge in [0, 0.05) is 37.3 Å². The van der Waals surface area contributed by atoms with Gasteiger partial charge < -0.3 is 14.6 Å². The molecule has 1 saturated heterocycles. The van der Waals surface area contributed by atoms with Gasteiger partial charge in [0.1, 0.15) is 18.1 Å². The van der Waals surface area contributed by atoms with Crippen molar-refractivity contribution in [1.82, 2.24) is 20.2 Å². The van der Waals surface area contributed by atoms with Gasteiger partial charge in [-0.2, -0.15) is 0 Å². The number of H-pyrrole nitrogens is 1. The number of amides is 4. The number of anilines is 1. The van der Waals surface area contributed by atoms with Gasteiger partial charge in [0.25, 0.3) is 5.91 Å². The number of aromatic nitrogens is 2. The summed E-state index contributed by atoms with van der Waals surface area (Å²) >= 11 is 0. The summed E-state index contributed by atoms with van der Waals surface area (Å²) in [5.41, 5.74) is 2.80. The Labute approximate surface area is 172 Å². The van der Waals surface area contributed by atoms with E-state index in [0.717, 1.165) is 22.6 Å². The van der Waals surface area contributed by atoms with Gasteiger partial charge in [0.2, 0.25) is 5.91 Å². The molecule has 2 aromatic carbocycles. The first-order valence-electron chi connectivity index (χ1n) is 9.44. The number of rotatable bonds is 6. The Morgan fingerprint density at radius 2 is 1.97 bits per heavy atom. The number of imidazole rings is 1. The van der Waals surface area contributed by atoms with Crippen molar-refractivity contribution in [2.75, 3.05) is 32.1 Å². The van der Waals surface area contributed by atoms with E-state index in [1.54, 1.807) is 43.3 Å². The van der Waals surface area contributed by atoms with Crippen molar-refractivity contribution < 1.29 is 19.1 Å². The predicted molar refractivity (Wildman–Crippen MR) is 111 cm³/mol. The van der Waals surface area contributed by atoms with E-state index in [9.17, 15) is 14.4 Å². The van der Waals surface area contributed by atoms with Crippen molar-refractivity contribution in [3.05, 3.63) is 53.9 Å². The maximum absolute atomic E-state index is 12.7. The lowest BCUT2D eigenvalue weighted by atomic mass is 10.1. The molecular formula is C21H21N5O4. The van der Waals surface area contributed by atoms with Gasteiger partial charge in [-0.1, -0.05) is 0 Å². The third-order valence-electron chi connectivity index (χ3n) is 4.99. The van der Waals surface area contributed by atoms with Crippen molar-refractivity contribution >= 4 is 34.6 Å². The highest BCUT2D eigenvalue weighted by atomic mass is 16.5. The number of ether oxygens (including phenoxy) is 1. The van der Waals surface area contributed by atoms with Gasteiger partial charge in [-0.25, -0.2) is 9.78 Å². The fourth-order valence-electron chi connectivity index (χ4n) is 3.32. The Hall–Kier alpha value is -3.88. The van der Waals surface area contributed by atoms with Crippen LogP contribution in [0.3, 0.4) is 0 Å². The number of hydrogen-bond donors (Lipinski definition) is 2. The van der Waals surface area contributed by atoms with E-state index >= 15 is 0 Å². The fraction of sp³-hybridized carbons (Fsp3) is 0.238. The molecule has 1 aliphatic rings. The minimum atomic E-state index is -0.459. The number of carbonyl (C=O) groups excluding carboxylic acids is 3. The highest BCUT2D eigenvalue weighted by Crippen LogP contribution is 2.20. The van der Waals surface area contributed by atoms with E-state index in [1.165, 1.54) is 4.90 Å². The summed E-state index contributed by atoms with van der Waals surface area (Å²) in [7, 11) is 3.35. The molecule has 2 heterocycles. The number of benzene rings is 2. The van der Waals surface area contributed by atoms with Crippen LogP contribution in [0.2, 0.25) is 0 Å². The third-order valence-corrected chi connectivity index (χ3v) is 4.99. The second kappa shape index (κ2) is 7.86. The molecule has 0 saturated carbocycles. The zero-order valence-corrected chi connectivity index (χ0v) is 16.6. The number of imide groups is 1. The summed E-state index contributed by atoms with van der Waals surface area (Å²) < 4.78 is 5.22. The van der Waals surface area contributed by atoms with Crippen LogP contribution < -0.4 is 15.0 Å². The molecule has 4 rings (SSSR count). The largest absolute Gasteiger partial charge is 0.497 e. The second-order valence-corrected chi connectivity index (χ2v) is 7.03. The van der Waals surface area contributed by atoms with Crippen LogP contribution in [0.4, 0.5) is 10.5 Å². The first kappa shape index (κ1) is 19.4. The van der Waals surface area contributed by atoms with E-state index in [1.807, 2.05) is 18.2 Å². The van der Waals surface area contributed by atoms with Gasteiger partial charge in [-0.05, 0) is 36.4 Å². The smallest absolute Gasteiger partial charge is 0.329 e. The van der Waals surface area contributed by atoms with Crippen molar-refractivity contribution in [3.8, 4) is 5.75 Å². The topological polar surface area (TPSA) is 108 Å². The van der Waals surface area contributed by atoms with Crippen LogP contribution in [-0.2, 0) is 11.2 Å². The molecule has 3 aromatic rings. The number of urea groups is 1. The lowest BCUT2D eigenvalue weighted by Gasteiger charge is -2.18. The molecule has 4 amide bonds. The first-order chi connectivity index (χ1) is 14.4. The maximum atomic E-state index is 12.7.